The number of carbonyl (C=O) groups excluding carboxylic acids is 1. The molecule has 0 saturated carbocycles. The van der Waals surface area contributed by atoms with Crippen LogP contribution in [0.2, 0.25) is 0 Å². The molecule has 0 radical (unpaired) electrons. The minimum atomic E-state index is -0.495. The molecular formula is C13H13FO3. The smallest absolute Gasteiger partial charge is 0.331 e. The Labute approximate surface area is 98.8 Å². The Morgan fingerprint density at radius 2 is 2.18 bits per heavy atom. The monoisotopic (exact) mass is 236 g/mol. The minimum absolute atomic E-state index is 0.0837. The predicted octanol–water partition coefficient (Wildman–Crippen LogP) is 2.77. The summed E-state index contributed by atoms with van der Waals surface area (Å²) in [6.07, 6.45) is 2.35. The first-order valence-electron chi connectivity index (χ1n) is 5.41. The molecule has 1 atom stereocenters. The molecule has 1 heterocycles. The van der Waals surface area contributed by atoms with Crippen LogP contribution in [0.15, 0.2) is 30.4 Å². The van der Waals surface area contributed by atoms with Gasteiger partial charge in [-0.15, -0.1) is 0 Å². The van der Waals surface area contributed by atoms with Crippen molar-refractivity contribution in [2.75, 3.05) is 0 Å². The summed E-state index contributed by atoms with van der Waals surface area (Å²) in [4.78, 5) is 10.9. The van der Waals surface area contributed by atoms with Crippen LogP contribution in [0.3, 0.4) is 0 Å². The van der Waals surface area contributed by atoms with E-state index < -0.39 is 17.9 Å². The zero-order valence-electron chi connectivity index (χ0n) is 9.64. The highest BCUT2D eigenvalue weighted by molar-refractivity contribution is 5.84. The fraction of sp³-hybridized carbons (Fsp3) is 0.308. The average molecular weight is 236 g/mol. The lowest BCUT2D eigenvalue weighted by atomic mass is 10.1. The van der Waals surface area contributed by atoms with Crippen molar-refractivity contribution in [3.63, 3.8) is 0 Å². The third-order valence-corrected chi connectivity index (χ3v) is 2.30. The third kappa shape index (κ3) is 2.64. The second-order valence-corrected chi connectivity index (χ2v) is 4.07. The zero-order valence-corrected chi connectivity index (χ0v) is 9.64. The van der Waals surface area contributed by atoms with Gasteiger partial charge in [-0.2, -0.15) is 0 Å². The number of carbonyl (C=O) groups is 1. The van der Waals surface area contributed by atoms with Crippen LogP contribution in [-0.4, -0.2) is 12.1 Å². The van der Waals surface area contributed by atoms with Gasteiger partial charge in [0.2, 0.25) is 0 Å². The van der Waals surface area contributed by atoms with E-state index >= 15 is 0 Å². The lowest BCUT2D eigenvalue weighted by Crippen LogP contribution is -2.07. The van der Waals surface area contributed by atoms with E-state index in [4.69, 9.17) is 9.47 Å². The maximum Gasteiger partial charge on any atom is 0.331 e. The summed E-state index contributed by atoms with van der Waals surface area (Å²) in [5.41, 5.74) is 0.598. The van der Waals surface area contributed by atoms with Gasteiger partial charge in [-0.05, 0) is 37.6 Å². The maximum absolute atomic E-state index is 13.7. The lowest BCUT2D eigenvalue weighted by Gasteiger charge is -2.13. The van der Waals surface area contributed by atoms with E-state index in [0.717, 1.165) is 0 Å². The van der Waals surface area contributed by atoms with Gasteiger partial charge in [0.25, 0.3) is 0 Å². The molecule has 0 fully saturated rings. The number of halogens is 1. The molecule has 0 saturated heterocycles. The number of hydrogen-bond acceptors (Lipinski definition) is 3. The highest BCUT2D eigenvalue weighted by Gasteiger charge is 2.20. The molecule has 3 nitrogen and oxygen atoms in total. The van der Waals surface area contributed by atoms with Gasteiger partial charge < -0.3 is 9.47 Å². The summed E-state index contributed by atoms with van der Waals surface area (Å²) in [6.45, 7) is 3.66. The molecule has 0 aliphatic carbocycles. The first-order chi connectivity index (χ1) is 8.06. The Morgan fingerprint density at radius 1 is 1.41 bits per heavy atom. The maximum atomic E-state index is 13.7. The third-order valence-electron chi connectivity index (χ3n) is 2.30. The molecule has 0 bridgehead atoms. The van der Waals surface area contributed by atoms with Gasteiger partial charge in [-0.3, -0.25) is 0 Å². The average Bonchev–Trinajstić information content (AvgIpc) is 2.67. The molecule has 0 aromatic heterocycles. The summed E-state index contributed by atoms with van der Waals surface area (Å²) in [5.74, 6) is -0.650. The van der Waals surface area contributed by atoms with Gasteiger partial charge in [-0.1, -0.05) is 6.07 Å². The van der Waals surface area contributed by atoms with E-state index in [1.807, 2.05) is 13.8 Å². The summed E-state index contributed by atoms with van der Waals surface area (Å²) >= 11 is 0. The molecule has 0 N–H and O–H groups in total. The summed E-state index contributed by atoms with van der Waals surface area (Å²) in [6, 6.07) is 4.56. The molecule has 1 aromatic carbocycles. The van der Waals surface area contributed by atoms with E-state index in [-0.39, 0.29) is 11.9 Å². The summed E-state index contributed by atoms with van der Waals surface area (Å²) in [7, 11) is 0. The predicted molar refractivity (Wildman–Crippen MR) is 60.1 cm³/mol. The normalized spacial score (nSPS) is 18.6. The van der Waals surface area contributed by atoms with Gasteiger partial charge in [-0.25, -0.2) is 9.18 Å². The molecular weight excluding hydrogens is 223 g/mol. The van der Waals surface area contributed by atoms with Crippen LogP contribution >= 0.6 is 0 Å². The van der Waals surface area contributed by atoms with Crippen LogP contribution in [0.5, 0.6) is 5.75 Å². The van der Waals surface area contributed by atoms with Crippen LogP contribution in [0.4, 0.5) is 4.39 Å². The Bertz CT molecular complexity index is 466. The minimum Gasteiger partial charge on any atom is -0.488 e. The second-order valence-electron chi connectivity index (χ2n) is 4.07. The highest BCUT2D eigenvalue weighted by atomic mass is 19.1. The molecule has 0 spiro atoms. The van der Waals surface area contributed by atoms with Gasteiger partial charge >= 0.3 is 5.97 Å². The molecule has 0 amide bonds. The van der Waals surface area contributed by atoms with Gasteiger partial charge in [0.1, 0.15) is 6.10 Å². The van der Waals surface area contributed by atoms with Crippen molar-refractivity contribution in [2.45, 2.75) is 26.1 Å². The summed E-state index contributed by atoms with van der Waals surface area (Å²) < 4.78 is 23.9. The van der Waals surface area contributed by atoms with Gasteiger partial charge in [0, 0.05) is 6.08 Å². The molecule has 2 rings (SSSR count). The number of cyclic esters (lactones) is 1. The lowest BCUT2D eigenvalue weighted by molar-refractivity contribution is -0.138. The molecule has 90 valence electrons. The van der Waals surface area contributed by atoms with Crippen LogP contribution in [0.25, 0.3) is 0 Å². The van der Waals surface area contributed by atoms with Gasteiger partial charge in [0.05, 0.1) is 6.10 Å². The van der Waals surface area contributed by atoms with Crippen molar-refractivity contribution >= 4 is 5.97 Å². The molecule has 17 heavy (non-hydrogen) atoms. The van der Waals surface area contributed by atoms with E-state index in [1.165, 1.54) is 12.1 Å². The Kier molecular flexibility index (Phi) is 3.13. The van der Waals surface area contributed by atoms with Crippen molar-refractivity contribution in [2.24, 2.45) is 0 Å². The van der Waals surface area contributed by atoms with Gasteiger partial charge in [0.15, 0.2) is 11.6 Å². The Balaban J connectivity index is 2.19. The number of rotatable bonds is 3. The molecule has 4 heteroatoms. The van der Waals surface area contributed by atoms with Crippen molar-refractivity contribution in [3.8, 4) is 5.75 Å². The number of hydrogen-bond donors (Lipinski definition) is 0. The van der Waals surface area contributed by atoms with Crippen LogP contribution in [0.1, 0.15) is 25.5 Å². The fourth-order valence-electron chi connectivity index (χ4n) is 1.59. The second kappa shape index (κ2) is 4.57. The Morgan fingerprint density at radius 3 is 2.71 bits per heavy atom. The Hall–Kier alpha value is -1.84. The molecule has 1 aromatic rings. The first kappa shape index (κ1) is 11.6. The highest BCUT2D eigenvalue weighted by Crippen LogP contribution is 2.28. The van der Waals surface area contributed by atoms with Crippen molar-refractivity contribution in [3.05, 3.63) is 41.7 Å². The van der Waals surface area contributed by atoms with Crippen LogP contribution < -0.4 is 4.74 Å². The van der Waals surface area contributed by atoms with E-state index in [9.17, 15) is 9.18 Å². The number of esters is 1. The number of ether oxygens (including phenoxy) is 2. The van der Waals surface area contributed by atoms with Crippen molar-refractivity contribution < 1.29 is 18.7 Å². The zero-order chi connectivity index (χ0) is 12.4. The van der Waals surface area contributed by atoms with Crippen LogP contribution in [-0.2, 0) is 9.53 Å². The fourth-order valence-corrected chi connectivity index (χ4v) is 1.59. The molecule has 1 aliphatic rings. The first-order valence-corrected chi connectivity index (χ1v) is 5.41. The quantitative estimate of drug-likeness (QED) is 0.757. The van der Waals surface area contributed by atoms with Crippen molar-refractivity contribution in [1.29, 1.82) is 0 Å². The SMILES string of the molecule is CC(C)Oc1ccc(C2C=CC(=O)O2)cc1F. The van der Waals surface area contributed by atoms with E-state index in [2.05, 4.69) is 0 Å². The van der Waals surface area contributed by atoms with Crippen molar-refractivity contribution in [1.82, 2.24) is 0 Å². The molecule has 1 aliphatic heterocycles. The largest absolute Gasteiger partial charge is 0.488 e. The van der Waals surface area contributed by atoms with Crippen LogP contribution in [0, 0.1) is 5.82 Å². The van der Waals surface area contributed by atoms with E-state index in [0.29, 0.717) is 5.56 Å². The standard InChI is InChI=1S/C13H13FO3/c1-8(2)16-12-4-3-9(7-10(12)14)11-5-6-13(15)17-11/h3-8,11H,1-2H3. The topological polar surface area (TPSA) is 35.5 Å². The summed E-state index contributed by atoms with van der Waals surface area (Å²) in [5, 5.41) is 0. The number of benzene rings is 1. The molecule has 1 unspecified atom stereocenters. The van der Waals surface area contributed by atoms with E-state index in [1.54, 1.807) is 18.2 Å².